The third kappa shape index (κ3) is 4.60. The first kappa shape index (κ1) is 17.0. The molecule has 0 bridgehead atoms. The largest absolute Gasteiger partial charge is 0.441 e. The molecule has 0 spiro atoms. The first-order valence-corrected chi connectivity index (χ1v) is 8.63. The van der Waals surface area contributed by atoms with Gasteiger partial charge in [-0.2, -0.15) is 0 Å². The molecule has 130 valence electrons. The molecule has 3 rings (SSSR count). The number of anilines is 2. The molecular weight excluding hydrogens is 344 g/mol. The van der Waals surface area contributed by atoms with Gasteiger partial charge in [0.1, 0.15) is 11.3 Å². The van der Waals surface area contributed by atoms with Crippen molar-refractivity contribution in [2.24, 2.45) is 0 Å². The van der Waals surface area contributed by atoms with E-state index in [1.165, 1.54) is 11.8 Å². The summed E-state index contributed by atoms with van der Waals surface area (Å²) in [6.07, 6.45) is 0. The van der Waals surface area contributed by atoms with Crippen LogP contribution in [0.25, 0.3) is 11.1 Å². The van der Waals surface area contributed by atoms with Crippen LogP contribution < -0.4 is 10.6 Å². The van der Waals surface area contributed by atoms with E-state index in [2.05, 4.69) is 20.8 Å². The van der Waals surface area contributed by atoms with Crippen molar-refractivity contribution in [2.45, 2.75) is 13.8 Å². The molecule has 25 heavy (non-hydrogen) atoms. The summed E-state index contributed by atoms with van der Waals surface area (Å²) < 4.78 is 10.2. The maximum atomic E-state index is 12.0. The number of nitrogens with zero attached hydrogens (tertiary/aromatic N) is 2. The lowest BCUT2D eigenvalue weighted by molar-refractivity contribution is -0.114. The molecule has 2 heterocycles. The maximum Gasteiger partial charge on any atom is 0.235 e. The van der Waals surface area contributed by atoms with Crippen LogP contribution >= 0.6 is 11.8 Å². The molecule has 2 aromatic heterocycles. The lowest BCUT2D eigenvalue weighted by Gasteiger charge is -2.05. The van der Waals surface area contributed by atoms with Gasteiger partial charge in [-0.25, -0.2) is 4.98 Å². The van der Waals surface area contributed by atoms with Gasteiger partial charge in [0.05, 0.1) is 11.5 Å². The summed E-state index contributed by atoms with van der Waals surface area (Å²) in [5.41, 5.74) is 1.99. The summed E-state index contributed by atoms with van der Waals surface area (Å²) in [4.78, 5) is 27.9. The van der Waals surface area contributed by atoms with Crippen molar-refractivity contribution in [1.82, 2.24) is 10.1 Å². The molecule has 0 saturated heterocycles. The number of carbonyl (C=O) groups excluding carboxylic acids is 2. The lowest BCUT2D eigenvalue weighted by Crippen LogP contribution is -2.18. The van der Waals surface area contributed by atoms with E-state index >= 15 is 0 Å². The minimum Gasteiger partial charge on any atom is -0.441 e. The number of hydrogen-bond acceptors (Lipinski definition) is 7. The molecule has 0 aliphatic carbocycles. The van der Waals surface area contributed by atoms with E-state index < -0.39 is 0 Å². The van der Waals surface area contributed by atoms with E-state index in [1.54, 1.807) is 38.1 Å². The van der Waals surface area contributed by atoms with Crippen molar-refractivity contribution in [2.75, 3.05) is 22.1 Å². The number of nitrogens with one attached hydrogen (secondary N) is 2. The van der Waals surface area contributed by atoms with Crippen LogP contribution in [0.5, 0.6) is 0 Å². The Labute approximate surface area is 147 Å². The van der Waals surface area contributed by atoms with E-state index in [9.17, 15) is 9.59 Å². The van der Waals surface area contributed by atoms with Crippen LogP contribution in [0.4, 0.5) is 11.5 Å². The van der Waals surface area contributed by atoms with Crippen molar-refractivity contribution >= 4 is 46.2 Å². The number of aryl methyl sites for hydroxylation is 2. The monoisotopic (exact) mass is 360 g/mol. The van der Waals surface area contributed by atoms with Gasteiger partial charge in [0.15, 0.2) is 17.3 Å². The highest BCUT2D eigenvalue weighted by atomic mass is 32.2. The molecule has 0 fully saturated rings. The Kier molecular flexibility index (Phi) is 5.03. The van der Waals surface area contributed by atoms with Crippen LogP contribution in [0.1, 0.15) is 11.7 Å². The minimum atomic E-state index is -0.245. The van der Waals surface area contributed by atoms with Gasteiger partial charge in [-0.1, -0.05) is 5.16 Å². The van der Waals surface area contributed by atoms with Crippen LogP contribution in [-0.2, 0) is 9.59 Å². The quantitative estimate of drug-likeness (QED) is 0.695. The highest BCUT2D eigenvalue weighted by Gasteiger charge is 2.09. The summed E-state index contributed by atoms with van der Waals surface area (Å²) >= 11 is 1.21. The van der Waals surface area contributed by atoms with Gasteiger partial charge in [-0.15, -0.1) is 11.8 Å². The van der Waals surface area contributed by atoms with Gasteiger partial charge in [0.25, 0.3) is 0 Å². The smallest absolute Gasteiger partial charge is 0.235 e. The topological polar surface area (TPSA) is 110 Å². The van der Waals surface area contributed by atoms with E-state index in [-0.39, 0.29) is 23.3 Å². The van der Waals surface area contributed by atoms with E-state index in [1.807, 2.05) is 0 Å². The number of benzene rings is 1. The number of carbonyl (C=O) groups is 2. The molecule has 8 nitrogen and oxygen atoms in total. The van der Waals surface area contributed by atoms with Crippen molar-refractivity contribution in [3.8, 4) is 0 Å². The maximum absolute atomic E-state index is 12.0. The highest BCUT2D eigenvalue weighted by molar-refractivity contribution is 8.00. The third-order valence-corrected chi connectivity index (χ3v) is 4.07. The Balaban J connectivity index is 1.44. The van der Waals surface area contributed by atoms with Gasteiger partial charge in [-0.3, -0.25) is 9.59 Å². The summed E-state index contributed by atoms with van der Waals surface area (Å²) in [6.45, 7) is 3.50. The Bertz CT molecular complexity index is 918. The van der Waals surface area contributed by atoms with E-state index in [0.29, 0.717) is 34.3 Å². The normalized spacial score (nSPS) is 10.8. The second-order valence-electron chi connectivity index (χ2n) is 5.33. The Morgan fingerprint density at radius 1 is 1.12 bits per heavy atom. The molecular formula is C16H16N4O4S. The molecule has 9 heteroatoms. The zero-order valence-corrected chi connectivity index (χ0v) is 14.5. The van der Waals surface area contributed by atoms with Gasteiger partial charge in [-0.05, 0) is 25.1 Å². The molecule has 0 unspecified atom stereocenters. The fourth-order valence-corrected chi connectivity index (χ4v) is 2.78. The second kappa shape index (κ2) is 7.39. The Morgan fingerprint density at radius 3 is 2.60 bits per heavy atom. The molecule has 2 amide bonds. The summed E-state index contributed by atoms with van der Waals surface area (Å²) in [5, 5.41) is 9.04. The minimum absolute atomic E-state index is 0.140. The number of amides is 2. The molecule has 0 aliphatic rings. The van der Waals surface area contributed by atoms with Crippen LogP contribution in [0.3, 0.4) is 0 Å². The zero-order valence-electron chi connectivity index (χ0n) is 13.7. The number of aromatic nitrogens is 2. The molecule has 0 aliphatic heterocycles. The fraction of sp³-hybridized carbons (Fsp3) is 0.250. The van der Waals surface area contributed by atoms with Crippen molar-refractivity contribution in [3.63, 3.8) is 0 Å². The third-order valence-electron chi connectivity index (χ3n) is 3.14. The molecule has 0 atom stereocenters. The predicted octanol–water partition coefficient (Wildman–Crippen LogP) is 2.74. The first-order chi connectivity index (χ1) is 12.0. The average molecular weight is 360 g/mol. The van der Waals surface area contributed by atoms with Crippen molar-refractivity contribution in [1.29, 1.82) is 0 Å². The number of fused-ring (bicyclic) bond motifs is 1. The number of rotatable bonds is 6. The molecule has 2 N–H and O–H groups in total. The molecule has 3 aromatic rings. The Morgan fingerprint density at radius 2 is 1.88 bits per heavy atom. The van der Waals surface area contributed by atoms with Crippen LogP contribution in [0.2, 0.25) is 0 Å². The van der Waals surface area contributed by atoms with Crippen LogP contribution in [-0.4, -0.2) is 33.5 Å². The van der Waals surface area contributed by atoms with Crippen molar-refractivity contribution < 1.29 is 18.5 Å². The number of oxazole rings is 1. The number of thioether (sulfide) groups is 1. The molecule has 0 saturated carbocycles. The fourth-order valence-electron chi connectivity index (χ4n) is 2.16. The Hall–Kier alpha value is -2.81. The van der Waals surface area contributed by atoms with Gasteiger partial charge in [0.2, 0.25) is 11.8 Å². The molecule has 0 radical (unpaired) electrons. The van der Waals surface area contributed by atoms with Gasteiger partial charge in [0, 0.05) is 18.7 Å². The van der Waals surface area contributed by atoms with Gasteiger partial charge >= 0.3 is 0 Å². The average Bonchev–Trinajstić information content (AvgIpc) is 3.11. The standard InChI is InChI=1S/C16H16N4O4S/c1-9-5-14(20-24-9)19-16(22)8-25-7-15(21)18-11-3-4-13-12(6-11)17-10(2)23-13/h3-6H,7-8H2,1-2H3,(H,18,21)(H,19,20,22). The van der Waals surface area contributed by atoms with E-state index in [0.717, 1.165) is 0 Å². The lowest BCUT2D eigenvalue weighted by atomic mass is 10.3. The van der Waals surface area contributed by atoms with Crippen molar-refractivity contribution in [3.05, 3.63) is 35.9 Å². The van der Waals surface area contributed by atoms with Crippen LogP contribution in [0.15, 0.2) is 33.2 Å². The van der Waals surface area contributed by atoms with Gasteiger partial charge < -0.3 is 19.6 Å². The summed E-state index contributed by atoms with van der Waals surface area (Å²) in [5.74, 6) is 1.40. The SMILES string of the molecule is Cc1cc(NC(=O)CSCC(=O)Nc2ccc3oc(C)nc3c2)no1. The van der Waals surface area contributed by atoms with E-state index in [4.69, 9.17) is 8.94 Å². The highest BCUT2D eigenvalue weighted by Crippen LogP contribution is 2.19. The first-order valence-electron chi connectivity index (χ1n) is 7.47. The summed E-state index contributed by atoms with van der Waals surface area (Å²) in [6, 6.07) is 6.87. The second-order valence-corrected chi connectivity index (χ2v) is 6.31. The summed E-state index contributed by atoms with van der Waals surface area (Å²) in [7, 11) is 0. The molecule has 1 aromatic carbocycles. The zero-order chi connectivity index (χ0) is 17.8. The van der Waals surface area contributed by atoms with Crippen LogP contribution in [0, 0.1) is 13.8 Å². The number of hydrogen-bond donors (Lipinski definition) is 2. The predicted molar refractivity (Wildman–Crippen MR) is 94.6 cm³/mol.